The Bertz CT molecular complexity index is 654. The van der Waals surface area contributed by atoms with Gasteiger partial charge in [-0.1, -0.05) is 35.9 Å². The van der Waals surface area contributed by atoms with Crippen LogP contribution in [0, 0.1) is 20.8 Å². The monoisotopic (exact) mass is 297 g/mol. The van der Waals surface area contributed by atoms with Crippen LogP contribution in [-0.4, -0.2) is 13.0 Å². The van der Waals surface area contributed by atoms with Gasteiger partial charge in [0, 0.05) is 12.1 Å². The molecule has 116 valence electrons. The highest BCUT2D eigenvalue weighted by atomic mass is 16.5. The molecule has 0 radical (unpaired) electrons. The molecule has 0 spiro atoms. The minimum Gasteiger partial charge on any atom is -0.496 e. The fourth-order valence-corrected chi connectivity index (χ4v) is 2.74. The summed E-state index contributed by atoms with van der Waals surface area (Å²) >= 11 is 0. The van der Waals surface area contributed by atoms with E-state index in [1.54, 1.807) is 7.11 Å². The number of methoxy groups -OCH3 is 1. The number of hydrogen-bond donors (Lipinski definition) is 1. The van der Waals surface area contributed by atoms with Crippen molar-refractivity contribution in [2.75, 3.05) is 12.4 Å². The van der Waals surface area contributed by atoms with Crippen LogP contribution in [0.2, 0.25) is 0 Å². The van der Waals surface area contributed by atoms with Crippen LogP contribution in [0.4, 0.5) is 5.69 Å². The van der Waals surface area contributed by atoms with Gasteiger partial charge in [0.25, 0.3) is 0 Å². The summed E-state index contributed by atoms with van der Waals surface area (Å²) in [6.07, 6.45) is 1.10. The number of aryl methyl sites for hydroxylation is 4. The highest BCUT2D eigenvalue weighted by molar-refractivity contribution is 5.92. The summed E-state index contributed by atoms with van der Waals surface area (Å²) in [5.41, 5.74) is 5.39. The molecule has 0 aliphatic carbocycles. The van der Waals surface area contributed by atoms with Gasteiger partial charge in [0.2, 0.25) is 5.91 Å². The zero-order chi connectivity index (χ0) is 16.1. The summed E-state index contributed by atoms with van der Waals surface area (Å²) in [5.74, 6) is 0.860. The van der Waals surface area contributed by atoms with E-state index in [9.17, 15) is 4.79 Å². The maximum Gasteiger partial charge on any atom is 0.224 e. The van der Waals surface area contributed by atoms with E-state index < -0.39 is 0 Å². The van der Waals surface area contributed by atoms with E-state index in [0.29, 0.717) is 12.8 Å². The number of anilines is 1. The average molecular weight is 297 g/mol. The van der Waals surface area contributed by atoms with Crippen molar-refractivity contribution in [1.82, 2.24) is 0 Å². The number of benzene rings is 2. The third kappa shape index (κ3) is 3.88. The van der Waals surface area contributed by atoms with Crippen molar-refractivity contribution in [2.24, 2.45) is 0 Å². The maximum absolute atomic E-state index is 12.2. The number of para-hydroxylation sites is 1. The van der Waals surface area contributed by atoms with Crippen molar-refractivity contribution >= 4 is 11.6 Å². The van der Waals surface area contributed by atoms with E-state index in [4.69, 9.17) is 4.74 Å². The Hall–Kier alpha value is -2.29. The second-order valence-electron chi connectivity index (χ2n) is 5.63. The summed E-state index contributed by atoms with van der Waals surface area (Å²) in [6.45, 7) is 6.11. The van der Waals surface area contributed by atoms with Gasteiger partial charge in [-0.05, 0) is 49.9 Å². The SMILES string of the molecule is COc1ccccc1CCC(=O)Nc1c(C)cc(C)cc1C. The lowest BCUT2D eigenvalue weighted by atomic mass is 10.0. The van der Waals surface area contributed by atoms with Gasteiger partial charge in [0.15, 0.2) is 0 Å². The van der Waals surface area contributed by atoms with Crippen LogP contribution in [0.25, 0.3) is 0 Å². The largest absolute Gasteiger partial charge is 0.496 e. The Labute approximate surface area is 132 Å². The standard InChI is InChI=1S/C19H23NO2/c1-13-11-14(2)19(15(3)12-13)20-18(21)10-9-16-7-5-6-8-17(16)22-4/h5-8,11-12H,9-10H2,1-4H3,(H,20,21). The first-order valence-corrected chi connectivity index (χ1v) is 7.51. The lowest BCUT2D eigenvalue weighted by Gasteiger charge is -2.13. The molecular formula is C19H23NO2. The van der Waals surface area contributed by atoms with Crippen LogP contribution in [0.3, 0.4) is 0 Å². The first kappa shape index (κ1) is 16.1. The normalized spacial score (nSPS) is 10.4. The van der Waals surface area contributed by atoms with Crippen molar-refractivity contribution in [2.45, 2.75) is 33.6 Å². The molecular weight excluding hydrogens is 274 g/mol. The molecule has 0 unspecified atom stereocenters. The number of hydrogen-bond acceptors (Lipinski definition) is 2. The maximum atomic E-state index is 12.2. The fourth-order valence-electron chi connectivity index (χ4n) is 2.74. The smallest absolute Gasteiger partial charge is 0.224 e. The second kappa shape index (κ2) is 7.12. The molecule has 0 aliphatic heterocycles. The molecule has 0 bridgehead atoms. The van der Waals surface area contributed by atoms with Gasteiger partial charge in [0.1, 0.15) is 5.75 Å². The third-order valence-electron chi connectivity index (χ3n) is 3.76. The van der Waals surface area contributed by atoms with Crippen molar-refractivity contribution in [3.63, 3.8) is 0 Å². The van der Waals surface area contributed by atoms with E-state index in [2.05, 4.69) is 24.4 Å². The third-order valence-corrected chi connectivity index (χ3v) is 3.76. The Balaban J connectivity index is 2.02. The van der Waals surface area contributed by atoms with Gasteiger partial charge in [-0.3, -0.25) is 4.79 Å². The average Bonchev–Trinajstić information content (AvgIpc) is 2.49. The predicted molar refractivity (Wildman–Crippen MR) is 90.6 cm³/mol. The number of carbonyl (C=O) groups is 1. The van der Waals surface area contributed by atoms with Crippen molar-refractivity contribution < 1.29 is 9.53 Å². The molecule has 22 heavy (non-hydrogen) atoms. The Morgan fingerprint density at radius 1 is 1.09 bits per heavy atom. The van der Waals surface area contributed by atoms with Gasteiger partial charge in [-0.2, -0.15) is 0 Å². The van der Waals surface area contributed by atoms with Gasteiger partial charge in [-0.15, -0.1) is 0 Å². The van der Waals surface area contributed by atoms with Gasteiger partial charge in [0.05, 0.1) is 7.11 Å². The number of ether oxygens (including phenoxy) is 1. The van der Waals surface area contributed by atoms with Crippen LogP contribution in [0.5, 0.6) is 5.75 Å². The molecule has 0 heterocycles. The van der Waals surface area contributed by atoms with Gasteiger partial charge >= 0.3 is 0 Å². The Kier molecular flexibility index (Phi) is 5.21. The second-order valence-corrected chi connectivity index (χ2v) is 5.63. The van der Waals surface area contributed by atoms with Gasteiger partial charge < -0.3 is 10.1 Å². The lowest BCUT2D eigenvalue weighted by Crippen LogP contribution is -2.14. The molecule has 0 aliphatic rings. The number of amides is 1. The summed E-state index contributed by atoms with van der Waals surface area (Å²) in [6, 6.07) is 12.0. The van der Waals surface area contributed by atoms with E-state index in [1.807, 2.05) is 38.1 Å². The molecule has 0 fully saturated rings. The van der Waals surface area contributed by atoms with Crippen LogP contribution in [-0.2, 0) is 11.2 Å². The zero-order valence-electron chi connectivity index (χ0n) is 13.7. The van der Waals surface area contributed by atoms with Crippen molar-refractivity contribution in [1.29, 1.82) is 0 Å². The van der Waals surface area contributed by atoms with E-state index in [-0.39, 0.29) is 5.91 Å². The summed E-state index contributed by atoms with van der Waals surface area (Å²) in [7, 11) is 1.65. The van der Waals surface area contributed by atoms with Crippen LogP contribution in [0.1, 0.15) is 28.7 Å². The first-order chi connectivity index (χ1) is 10.5. The van der Waals surface area contributed by atoms with E-state index in [0.717, 1.165) is 28.1 Å². The zero-order valence-corrected chi connectivity index (χ0v) is 13.7. The minimum absolute atomic E-state index is 0.0287. The molecule has 1 N–H and O–H groups in total. The molecule has 2 aromatic rings. The van der Waals surface area contributed by atoms with Gasteiger partial charge in [-0.25, -0.2) is 0 Å². The fraction of sp³-hybridized carbons (Fsp3) is 0.316. The highest BCUT2D eigenvalue weighted by Gasteiger charge is 2.10. The molecule has 0 saturated carbocycles. The van der Waals surface area contributed by atoms with Crippen molar-refractivity contribution in [3.8, 4) is 5.75 Å². The predicted octanol–water partition coefficient (Wildman–Crippen LogP) is 4.19. The topological polar surface area (TPSA) is 38.3 Å². The molecule has 2 rings (SSSR count). The molecule has 0 saturated heterocycles. The van der Waals surface area contributed by atoms with Crippen LogP contribution < -0.4 is 10.1 Å². The van der Waals surface area contributed by atoms with Crippen LogP contribution in [0.15, 0.2) is 36.4 Å². The quantitative estimate of drug-likeness (QED) is 0.898. The Morgan fingerprint density at radius 3 is 2.36 bits per heavy atom. The lowest BCUT2D eigenvalue weighted by molar-refractivity contribution is -0.116. The van der Waals surface area contributed by atoms with Crippen LogP contribution >= 0.6 is 0 Å². The number of nitrogens with one attached hydrogen (secondary N) is 1. The van der Waals surface area contributed by atoms with Crippen molar-refractivity contribution in [3.05, 3.63) is 58.7 Å². The highest BCUT2D eigenvalue weighted by Crippen LogP contribution is 2.23. The molecule has 0 atom stereocenters. The number of carbonyl (C=O) groups excluding carboxylic acids is 1. The number of rotatable bonds is 5. The summed E-state index contributed by atoms with van der Waals surface area (Å²) in [5, 5.41) is 3.03. The summed E-state index contributed by atoms with van der Waals surface area (Å²) in [4.78, 5) is 12.2. The first-order valence-electron chi connectivity index (χ1n) is 7.51. The molecule has 0 aromatic heterocycles. The molecule has 3 nitrogen and oxygen atoms in total. The van der Waals surface area contributed by atoms with E-state index >= 15 is 0 Å². The Morgan fingerprint density at radius 2 is 1.73 bits per heavy atom. The molecule has 2 aromatic carbocycles. The minimum atomic E-state index is 0.0287. The summed E-state index contributed by atoms with van der Waals surface area (Å²) < 4.78 is 5.32. The molecule has 1 amide bonds. The van der Waals surface area contributed by atoms with E-state index in [1.165, 1.54) is 5.56 Å². The molecule has 3 heteroatoms.